The lowest BCUT2D eigenvalue weighted by atomic mass is 10.1. The van der Waals surface area contributed by atoms with Gasteiger partial charge in [0, 0.05) is 22.3 Å². The molecule has 3 aromatic rings. The van der Waals surface area contributed by atoms with Crippen LogP contribution in [0.2, 0.25) is 5.02 Å². The van der Waals surface area contributed by atoms with Crippen LogP contribution in [0.4, 0.5) is 11.4 Å². The molecule has 31 heavy (non-hydrogen) atoms. The van der Waals surface area contributed by atoms with Gasteiger partial charge in [-0.25, -0.2) is 8.42 Å². The van der Waals surface area contributed by atoms with Crippen LogP contribution in [0.25, 0.3) is 0 Å². The smallest absolute Gasteiger partial charge is 0.264 e. The number of halogens is 1. The molecule has 1 amide bonds. The van der Waals surface area contributed by atoms with E-state index in [0.29, 0.717) is 22.7 Å². The Hall–Kier alpha value is -2.83. The van der Waals surface area contributed by atoms with Gasteiger partial charge < -0.3 is 5.32 Å². The molecule has 0 bridgehead atoms. The summed E-state index contributed by atoms with van der Waals surface area (Å²) in [6.07, 6.45) is 0.535. The summed E-state index contributed by atoms with van der Waals surface area (Å²) in [5.41, 5.74) is 4.81. The van der Waals surface area contributed by atoms with Gasteiger partial charge in [-0.2, -0.15) is 0 Å². The van der Waals surface area contributed by atoms with Gasteiger partial charge >= 0.3 is 0 Å². The minimum atomic E-state index is -3.74. The van der Waals surface area contributed by atoms with Crippen LogP contribution < -0.4 is 9.62 Å². The predicted octanol–water partition coefficient (Wildman–Crippen LogP) is 5.35. The molecule has 0 radical (unpaired) electrons. The van der Waals surface area contributed by atoms with Crippen molar-refractivity contribution in [1.29, 1.82) is 0 Å². The van der Waals surface area contributed by atoms with Gasteiger partial charge in [0.2, 0.25) is 0 Å². The number of hydrogen-bond acceptors (Lipinski definition) is 3. The third-order valence-electron chi connectivity index (χ3n) is 5.34. The molecule has 1 aliphatic heterocycles. The number of carbonyl (C=O) groups is 1. The van der Waals surface area contributed by atoms with Gasteiger partial charge in [0.05, 0.1) is 10.6 Å². The number of fused-ring (bicyclic) bond motifs is 1. The highest BCUT2D eigenvalue weighted by atomic mass is 35.5. The fourth-order valence-corrected chi connectivity index (χ4v) is 5.90. The fourth-order valence-electron chi connectivity index (χ4n) is 4.08. The van der Waals surface area contributed by atoms with Crippen molar-refractivity contribution in [3.05, 3.63) is 87.9 Å². The normalized spacial score (nSPS) is 15.6. The van der Waals surface area contributed by atoms with Crippen LogP contribution in [-0.4, -0.2) is 20.4 Å². The maximum Gasteiger partial charge on any atom is 0.264 e. The molecular weight excluding hydrogens is 432 g/mol. The molecule has 3 aromatic carbocycles. The Balaban J connectivity index is 1.63. The summed E-state index contributed by atoms with van der Waals surface area (Å²) in [5.74, 6) is -0.223. The lowest BCUT2D eigenvalue weighted by Crippen LogP contribution is -2.35. The van der Waals surface area contributed by atoms with Gasteiger partial charge in [0.1, 0.15) is 0 Å². The number of amides is 1. The SMILES string of the molecule is Cc1cc(C)cc(NC(=O)c2ccc3c(c2)C[C@H](C)N3S(=O)(=O)c2ccc(Cl)cc2)c1. The van der Waals surface area contributed by atoms with Crippen molar-refractivity contribution in [3.8, 4) is 0 Å². The number of anilines is 2. The Morgan fingerprint density at radius 2 is 1.65 bits per heavy atom. The quantitative estimate of drug-likeness (QED) is 0.577. The summed E-state index contributed by atoms with van der Waals surface area (Å²) in [6, 6.07) is 16.9. The van der Waals surface area contributed by atoms with Crippen molar-refractivity contribution < 1.29 is 13.2 Å². The van der Waals surface area contributed by atoms with Gasteiger partial charge in [-0.05, 0) is 98.5 Å². The molecule has 0 unspecified atom stereocenters. The summed E-state index contributed by atoms with van der Waals surface area (Å²) >= 11 is 5.91. The first-order valence-electron chi connectivity index (χ1n) is 9.98. The molecule has 0 saturated heterocycles. The topological polar surface area (TPSA) is 66.5 Å². The van der Waals surface area contributed by atoms with Gasteiger partial charge in [-0.3, -0.25) is 9.10 Å². The number of carbonyl (C=O) groups excluding carboxylic acids is 1. The largest absolute Gasteiger partial charge is 0.322 e. The van der Waals surface area contributed by atoms with Gasteiger partial charge in [0.15, 0.2) is 0 Å². The maximum atomic E-state index is 13.2. The first-order valence-corrected chi connectivity index (χ1v) is 11.8. The van der Waals surface area contributed by atoms with Gasteiger partial charge in [-0.15, -0.1) is 0 Å². The molecule has 1 heterocycles. The van der Waals surface area contributed by atoms with E-state index in [0.717, 1.165) is 22.4 Å². The molecule has 160 valence electrons. The van der Waals surface area contributed by atoms with E-state index in [-0.39, 0.29) is 16.8 Å². The molecule has 5 nitrogen and oxygen atoms in total. The number of sulfonamides is 1. The second-order valence-corrected chi connectivity index (χ2v) is 10.2. The first-order chi connectivity index (χ1) is 14.6. The van der Waals surface area contributed by atoms with Crippen molar-refractivity contribution in [2.24, 2.45) is 0 Å². The highest BCUT2D eigenvalue weighted by molar-refractivity contribution is 7.92. The lowest BCUT2D eigenvalue weighted by molar-refractivity contribution is 0.102. The second-order valence-electron chi connectivity index (χ2n) is 7.98. The van der Waals surface area contributed by atoms with Crippen LogP contribution in [0.15, 0.2) is 65.6 Å². The zero-order chi connectivity index (χ0) is 22.3. The molecule has 0 saturated carbocycles. The van der Waals surface area contributed by atoms with Gasteiger partial charge in [-0.1, -0.05) is 17.7 Å². The minimum Gasteiger partial charge on any atom is -0.322 e. The Morgan fingerprint density at radius 3 is 2.29 bits per heavy atom. The number of hydrogen-bond donors (Lipinski definition) is 1. The lowest BCUT2D eigenvalue weighted by Gasteiger charge is -2.24. The molecule has 0 fully saturated rings. The molecule has 1 atom stereocenters. The molecule has 1 aliphatic rings. The maximum absolute atomic E-state index is 13.2. The Kier molecular flexibility index (Phi) is 5.54. The summed E-state index contributed by atoms with van der Waals surface area (Å²) in [5, 5.41) is 3.41. The van der Waals surface area contributed by atoms with Crippen LogP contribution in [-0.2, 0) is 16.4 Å². The molecule has 0 spiro atoms. The Morgan fingerprint density at radius 1 is 1.00 bits per heavy atom. The predicted molar refractivity (Wildman–Crippen MR) is 125 cm³/mol. The number of rotatable bonds is 4. The van der Waals surface area contributed by atoms with Crippen molar-refractivity contribution in [2.75, 3.05) is 9.62 Å². The summed E-state index contributed by atoms with van der Waals surface area (Å²) in [7, 11) is -3.74. The monoisotopic (exact) mass is 454 g/mol. The van der Waals surface area contributed by atoms with E-state index in [9.17, 15) is 13.2 Å². The van der Waals surface area contributed by atoms with Gasteiger partial charge in [0.25, 0.3) is 15.9 Å². The van der Waals surface area contributed by atoms with Crippen LogP contribution in [0.5, 0.6) is 0 Å². The summed E-state index contributed by atoms with van der Waals surface area (Å²) < 4.78 is 27.9. The standard InChI is InChI=1S/C24H23ClN2O3S/c1-15-10-16(2)12-21(11-15)26-24(28)18-4-9-23-19(14-18)13-17(3)27(23)31(29,30)22-7-5-20(25)6-8-22/h4-12,14,17H,13H2,1-3H3,(H,26,28)/t17-/m0/s1. The van der Waals surface area contributed by atoms with E-state index in [1.807, 2.05) is 39.0 Å². The fraction of sp³-hybridized carbons (Fsp3) is 0.208. The third kappa shape index (κ3) is 4.18. The molecule has 7 heteroatoms. The Bertz CT molecular complexity index is 1250. The van der Waals surface area contributed by atoms with E-state index in [1.54, 1.807) is 30.3 Å². The summed E-state index contributed by atoms with van der Waals surface area (Å²) in [4.78, 5) is 13.0. The van der Waals surface area contributed by atoms with Crippen LogP contribution >= 0.6 is 11.6 Å². The second kappa shape index (κ2) is 8.02. The van der Waals surface area contributed by atoms with Crippen molar-refractivity contribution in [3.63, 3.8) is 0 Å². The van der Waals surface area contributed by atoms with E-state index < -0.39 is 10.0 Å². The minimum absolute atomic E-state index is 0.188. The van der Waals surface area contributed by atoms with E-state index in [1.165, 1.54) is 16.4 Å². The van der Waals surface area contributed by atoms with Crippen molar-refractivity contribution >= 4 is 38.9 Å². The first kappa shape index (κ1) is 21.4. The third-order valence-corrected chi connectivity index (χ3v) is 7.54. The number of aryl methyl sites for hydroxylation is 2. The zero-order valence-corrected chi connectivity index (χ0v) is 19.1. The highest BCUT2D eigenvalue weighted by Crippen LogP contribution is 2.37. The zero-order valence-electron chi connectivity index (χ0n) is 17.5. The van der Waals surface area contributed by atoms with E-state index in [4.69, 9.17) is 11.6 Å². The van der Waals surface area contributed by atoms with Crippen molar-refractivity contribution in [1.82, 2.24) is 0 Å². The molecular formula is C24H23ClN2O3S. The molecule has 4 rings (SSSR count). The van der Waals surface area contributed by atoms with E-state index >= 15 is 0 Å². The van der Waals surface area contributed by atoms with E-state index in [2.05, 4.69) is 5.32 Å². The molecule has 0 aromatic heterocycles. The van der Waals surface area contributed by atoms with Crippen molar-refractivity contribution in [2.45, 2.75) is 38.1 Å². The number of benzene rings is 3. The molecule has 0 aliphatic carbocycles. The molecule has 1 N–H and O–H groups in total. The average Bonchev–Trinajstić information content (AvgIpc) is 3.03. The highest BCUT2D eigenvalue weighted by Gasteiger charge is 2.36. The number of nitrogens with zero attached hydrogens (tertiary/aromatic N) is 1. The van der Waals surface area contributed by atoms with Crippen LogP contribution in [0.1, 0.15) is 34.0 Å². The Labute approximate surface area is 187 Å². The van der Waals surface area contributed by atoms with Crippen LogP contribution in [0.3, 0.4) is 0 Å². The summed E-state index contributed by atoms with van der Waals surface area (Å²) in [6.45, 7) is 5.83. The van der Waals surface area contributed by atoms with Crippen LogP contribution in [0, 0.1) is 13.8 Å². The number of nitrogens with one attached hydrogen (secondary N) is 1. The average molecular weight is 455 g/mol.